The lowest BCUT2D eigenvalue weighted by Gasteiger charge is -2.04. The molecule has 1 aromatic rings. The lowest BCUT2D eigenvalue weighted by atomic mass is 10.2. The van der Waals surface area contributed by atoms with E-state index in [9.17, 15) is 0 Å². The number of methoxy groups -OCH3 is 1. The van der Waals surface area contributed by atoms with E-state index in [2.05, 4.69) is 4.99 Å². The molecule has 76 valence electrons. The number of hydrogen-bond donors (Lipinski definition) is 0. The third-order valence-electron chi connectivity index (χ3n) is 2.01. The molecule has 1 aliphatic heterocycles. The Labute approximate surface area is 93.4 Å². The number of rotatable bonds is 2. The van der Waals surface area contributed by atoms with E-state index in [0.29, 0.717) is 0 Å². The lowest BCUT2D eigenvalue weighted by molar-refractivity contribution is 0.415. The van der Waals surface area contributed by atoms with E-state index < -0.39 is 0 Å². The molecule has 0 N–H and O–H groups in total. The fraction of sp³-hybridized carbons (Fsp3) is 0.0833. The van der Waals surface area contributed by atoms with Crippen LogP contribution in [-0.4, -0.2) is 13.3 Å². The summed E-state index contributed by atoms with van der Waals surface area (Å²) in [5, 5.41) is 2.02. The molecule has 0 aliphatic carbocycles. The highest BCUT2D eigenvalue weighted by molar-refractivity contribution is 8.10. The fourth-order valence-corrected chi connectivity index (χ4v) is 1.93. The van der Waals surface area contributed by atoms with Crippen molar-refractivity contribution in [3.05, 3.63) is 47.5 Å². The summed E-state index contributed by atoms with van der Waals surface area (Å²) >= 11 is 1.67. The maximum Gasteiger partial charge on any atom is 0.118 e. The first-order valence-corrected chi connectivity index (χ1v) is 5.47. The van der Waals surface area contributed by atoms with Crippen molar-refractivity contribution in [2.75, 3.05) is 7.11 Å². The topological polar surface area (TPSA) is 21.6 Å². The van der Waals surface area contributed by atoms with Crippen LogP contribution in [0.15, 0.2) is 46.9 Å². The van der Waals surface area contributed by atoms with Crippen LogP contribution in [0, 0.1) is 0 Å². The maximum absolute atomic E-state index is 5.11. The highest BCUT2D eigenvalue weighted by Gasteiger charge is 2.01. The Morgan fingerprint density at radius 2 is 2.00 bits per heavy atom. The molecule has 1 aliphatic rings. The molecular weight excluding hydrogens is 206 g/mol. The summed E-state index contributed by atoms with van der Waals surface area (Å²) < 4.78 is 5.11. The molecule has 3 heteroatoms. The standard InChI is InChI=1S/C12H11NOS/c1-14-11-5-3-10(4-6-11)12-9-13-7-2-8-15-12/h2-9H,1H3. The Morgan fingerprint density at radius 1 is 1.20 bits per heavy atom. The van der Waals surface area contributed by atoms with Crippen molar-refractivity contribution in [3.63, 3.8) is 0 Å². The smallest absolute Gasteiger partial charge is 0.118 e. The second-order valence-electron chi connectivity index (χ2n) is 2.97. The molecule has 0 unspecified atom stereocenters. The molecule has 0 amide bonds. The van der Waals surface area contributed by atoms with E-state index in [1.165, 1.54) is 0 Å². The van der Waals surface area contributed by atoms with Crippen LogP contribution in [0.2, 0.25) is 0 Å². The zero-order valence-corrected chi connectivity index (χ0v) is 9.20. The van der Waals surface area contributed by atoms with Crippen LogP contribution in [0.25, 0.3) is 4.91 Å². The SMILES string of the molecule is COc1ccc(C2=CN=CC=CS2)cc1. The molecule has 0 bridgehead atoms. The Kier molecular flexibility index (Phi) is 3.25. The molecule has 0 spiro atoms. The van der Waals surface area contributed by atoms with Gasteiger partial charge in [0.1, 0.15) is 5.75 Å². The summed E-state index contributed by atoms with van der Waals surface area (Å²) in [6.45, 7) is 0. The molecule has 1 heterocycles. The third-order valence-corrected chi connectivity index (χ3v) is 2.90. The van der Waals surface area contributed by atoms with Gasteiger partial charge in [-0.3, -0.25) is 4.99 Å². The number of ether oxygens (including phenoxy) is 1. The van der Waals surface area contributed by atoms with E-state index in [-0.39, 0.29) is 0 Å². The van der Waals surface area contributed by atoms with Crippen LogP contribution in [0.3, 0.4) is 0 Å². The number of nitrogens with zero attached hydrogens (tertiary/aromatic N) is 1. The van der Waals surface area contributed by atoms with E-state index >= 15 is 0 Å². The molecule has 0 aromatic heterocycles. The average molecular weight is 217 g/mol. The van der Waals surface area contributed by atoms with E-state index in [0.717, 1.165) is 16.2 Å². The normalized spacial score (nSPS) is 14.6. The summed E-state index contributed by atoms with van der Waals surface area (Å²) in [6, 6.07) is 7.98. The summed E-state index contributed by atoms with van der Waals surface area (Å²) in [6.07, 6.45) is 5.58. The number of benzene rings is 1. The van der Waals surface area contributed by atoms with Gasteiger partial charge in [-0.15, -0.1) is 0 Å². The minimum atomic E-state index is 0.872. The summed E-state index contributed by atoms with van der Waals surface area (Å²) in [7, 11) is 1.67. The van der Waals surface area contributed by atoms with Crippen LogP contribution in [0.5, 0.6) is 5.75 Å². The van der Waals surface area contributed by atoms with Crippen molar-refractivity contribution >= 4 is 22.9 Å². The number of aliphatic imine (C=N–C) groups is 1. The van der Waals surface area contributed by atoms with Crippen molar-refractivity contribution in [1.82, 2.24) is 0 Å². The van der Waals surface area contributed by atoms with Gasteiger partial charge in [0.2, 0.25) is 0 Å². The Balaban J connectivity index is 2.25. The number of hydrogen-bond acceptors (Lipinski definition) is 3. The van der Waals surface area contributed by atoms with Crippen LogP contribution >= 0.6 is 11.8 Å². The van der Waals surface area contributed by atoms with Crippen molar-refractivity contribution in [3.8, 4) is 5.75 Å². The first-order valence-electron chi connectivity index (χ1n) is 4.60. The Hall–Kier alpha value is -1.48. The van der Waals surface area contributed by atoms with Crippen LogP contribution in [-0.2, 0) is 0 Å². The van der Waals surface area contributed by atoms with Crippen LogP contribution in [0.4, 0.5) is 0 Å². The predicted octanol–water partition coefficient (Wildman–Crippen LogP) is 3.32. The first-order chi connectivity index (χ1) is 7.40. The summed E-state index contributed by atoms with van der Waals surface area (Å²) in [4.78, 5) is 5.29. The molecule has 2 rings (SSSR count). The van der Waals surface area contributed by atoms with E-state index in [4.69, 9.17) is 4.74 Å². The molecule has 0 atom stereocenters. The van der Waals surface area contributed by atoms with Crippen molar-refractivity contribution < 1.29 is 4.74 Å². The van der Waals surface area contributed by atoms with Crippen molar-refractivity contribution in [2.45, 2.75) is 0 Å². The molecule has 0 saturated carbocycles. The van der Waals surface area contributed by atoms with Crippen LogP contribution in [0.1, 0.15) is 5.56 Å². The summed E-state index contributed by atoms with van der Waals surface area (Å²) in [5.74, 6) is 0.872. The molecule has 2 nitrogen and oxygen atoms in total. The van der Waals surface area contributed by atoms with Crippen LogP contribution < -0.4 is 4.74 Å². The van der Waals surface area contributed by atoms with Gasteiger partial charge in [-0.25, -0.2) is 0 Å². The Morgan fingerprint density at radius 3 is 2.73 bits per heavy atom. The first kappa shape index (κ1) is 10.1. The maximum atomic E-state index is 5.11. The fourth-order valence-electron chi connectivity index (χ4n) is 1.24. The molecule has 0 radical (unpaired) electrons. The zero-order valence-electron chi connectivity index (χ0n) is 8.38. The van der Waals surface area contributed by atoms with E-state index in [1.54, 1.807) is 25.1 Å². The molecule has 0 fully saturated rings. The van der Waals surface area contributed by atoms with E-state index in [1.807, 2.05) is 41.9 Å². The molecule has 15 heavy (non-hydrogen) atoms. The highest BCUT2D eigenvalue weighted by Crippen LogP contribution is 2.30. The Bertz CT molecular complexity index is 418. The van der Waals surface area contributed by atoms with Gasteiger partial charge in [-0.05, 0) is 29.2 Å². The van der Waals surface area contributed by atoms with Gasteiger partial charge in [0.25, 0.3) is 0 Å². The van der Waals surface area contributed by atoms with Gasteiger partial charge in [0.15, 0.2) is 0 Å². The minimum Gasteiger partial charge on any atom is -0.497 e. The van der Waals surface area contributed by atoms with Crippen molar-refractivity contribution in [1.29, 1.82) is 0 Å². The van der Waals surface area contributed by atoms with Gasteiger partial charge in [-0.1, -0.05) is 23.9 Å². The predicted molar refractivity (Wildman–Crippen MR) is 66.2 cm³/mol. The molecule has 1 aromatic carbocycles. The molecular formula is C12H11NOS. The second-order valence-corrected chi connectivity index (χ2v) is 3.91. The third kappa shape index (κ3) is 2.50. The monoisotopic (exact) mass is 217 g/mol. The average Bonchev–Trinajstić information content (AvgIpc) is 2.58. The summed E-state index contributed by atoms with van der Waals surface area (Å²) in [5.41, 5.74) is 1.16. The lowest BCUT2D eigenvalue weighted by Crippen LogP contribution is -1.83. The van der Waals surface area contributed by atoms with Gasteiger partial charge in [0, 0.05) is 17.3 Å². The largest absolute Gasteiger partial charge is 0.497 e. The quantitative estimate of drug-likeness (QED) is 0.758. The van der Waals surface area contributed by atoms with Gasteiger partial charge in [0.05, 0.1) is 7.11 Å². The number of thioether (sulfide) groups is 1. The second kappa shape index (κ2) is 4.84. The molecule has 0 saturated heterocycles. The van der Waals surface area contributed by atoms with Crippen molar-refractivity contribution in [2.24, 2.45) is 4.99 Å². The minimum absolute atomic E-state index is 0.872. The number of allylic oxidation sites excluding steroid dienone is 1. The van der Waals surface area contributed by atoms with Gasteiger partial charge in [-0.2, -0.15) is 0 Å². The van der Waals surface area contributed by atoms with Gasteiger partial charge >= 0.3 is 0 Å². The van der Waals surface area contributed by atoms with Gasteiger partial charge < -0.3 is 4.74 Å². The highest BCUT2D eigenvalue weighted by atomic mass is 32.2. The zero-order chi connectivity index (χ0) is 10.5.